The number of piperidine rings is 2. The Morgan fingerprint density at radius 2 is 1.71 bits per heavy atom. The molecule has 0 saturated carbocycles. The summed E-state index contributed by atoms with van der Waals surface area (Å²) in [4.78, 5) is 14.8. The lowest BCUT2D eigenvalue weighted by Gasteiger charge is -2.54. The van der Waals surface area contributed by atoms with Gasteiger partial charge in [0, 0.05) is 56.7 Å². The van der Waals surface area contributed by atoms with Crippen molar-refractivity contribution < 1.29 is 22.6 Å². The van der Waals surface area contributed by atoms with Crippen LogP contribution in [0.1, 0.15) is 36.0 Å². The van der Waals surface area contributed by atoms with Crippen LogP contribution in [0.25, 0.3) is 0 Å². The summed E-state index contributed by atoms with van der Waals surface area (Å²) >= 11 is 12.0. The molecule has 2 aromatic carbocycles. The Hall–Kier alpha value is -1.84. The van der Waals surface area contributed by atoms with E-state index in [1.165, 1.54) is 12.1 Å². The van der Waals surface area contributed by atoms with E-state index in [1.807, 2.05) is 0 Å². The summed E-state index contributed by atoms with van der Waals surface area (Å²) in [7, 11) is -3.39. The van der Waals surface area contributed by atoms with Crippen LogP contribution in [0.5, 0.6) is 5.75 Å². The van der Waals surface area contributed by atoms with E-state index in [-0.39, 0.29) is 27.6 Å². The van der Waals surface area contributed by atoms with E-state index >= 15 is 0 Å². The molecule has 2 aliphatic heterocycles. The van der Waals surface area contributed by atoms with E-state index in [1.54, 1.807) is 35.2 Å². The third-order valence-electron chi connectivity index (χ3n) is 6.78. The highest BCUT2D eigenvalue weighted by atomic mass is 35.5. The number of amides is 1. The van der Waals surface area contributed by atoms with Crippen molar-refractivity contribution in [2.75, 3.05) is 32.4 Å². The Morgan fingerprint density at radius 1 is 1.03 bits per heavy atom. The smallest absolute Gasteiger partial charge is 0.253 e. The summed E-state index contributed by atoms with van der Waals surface area (Å²) < 4.78 is 29.4. The highest BCUT2D eigenvalue weighted by Gasteiger charge is 2.37. The maximum absolute atomic E-state index is 13.5. The summed E-state index contributed by atoms with van der Waals surface area (Å²) in [6.07, 6.45) is 3.64. The van der Waals surface area contributed by atoms with Gasteiger partial charge < -0.3 is 19.5 Å². The standard InChI is InChI=1S/C24H28Cl2N2O5S/c1-34(31,32)21-4-2-3-17(15-21)24(29)27-11-7-18(8-12-27)28(30)13-9-19(10-14-28)33-20-5-6-22(25)23(26)16-20/h2-6,15-16,18-19H,7-14H2,1H3. The van der Waals surface area contributed by atoms with E-state index in [4.69, 9.17) is 27.9 Å². The normalized spacial score (nSPS) is 24.1. The van der Waals surface area contributed by atoms with Gasteiger partial charge in [-0.2, -0.15) is 0 Å². The zero-order chi connectivity index (χ0) is 24.5. The highest BCUT2D eigenvalue weighted by molar-refractivity contribution is 7.90. The van der Waals surface area contributed by atoms with Crippen LogP contribution in [0.3, 0.4) is 0 Å². The van der Waals surface area contributed by atoms with Gasteiger partial charge in [-0.05, 0) is 30.3 Å². The number of hydrogen-bond donors (Lipinski definition) is 0. The minimum atomic E-state index is -3.39. The van der Waals surface area contributed by atoms with Crippen molar-refractivity contribution in [1.29, 1.82) is 0 Å². The van der Waals surface area contributed by atoms with Crippen molar-refractivity contribution in [3.63, 3.8) is 0 Å². The molecule has 2 saturated heterocycles. The van der Waals surface area contributed by atoms with Gasteiger partial charge in [-0.3, -0.25) is 4.79 Å². The first-order valence-corrected chi connectivity index (χ1v) is 14.0. The molecular weight excluding hydrogens is 499 g/mol. The van der Waals surface area contributed by atoms with Crippen LogP contribution in [-0.4, -0.2) is 68.5 Å². The fourth-order valence-corrected chi connectivity index (χ4v) is 5.74. The molecule has 34 heavy (non-hydrogen) atoms. The number of benzene rings is 2. The van der Waals surface area contributed by atoms with Crippen molar-refractivity contribution in [2.24, 2.45) is 0 Å². The number of hydrogen-bond acceptors (Lipinski definition) is 5. The molecule has 2 heterocycles. The molecule has 2 aliphatic rings. The van der Waals surface area contributed by atoms with Gasteiger partial charge in [0.2, 0.25) is 0 Å². The predicted octanol–water partition coefficient (Wildman–Crippen LogP) is 4.56. The molecule has 10 heteroatoms. The molecule has 1 amide bonds. The van der Waals surface area contributed by atoms with Gasteiger partial charge >= 0.3 is 0 Å². The number of rotatable bonds is 5. The average molecular weight is 527 g/mol. The number of halogens is 2. The first-order chi connectivity index (χ1) is 16.0. The van der Waals surface area contributed by atoms with Crippen molar-refractivity contribution in [1.82, 2.24) is 4.90 Å². The van der Waals surface area contributed by atoms with Crippen molar-refractivity contribution >= 4 is 38.9 Å². The van der Waals surface area contributed by atoms with Crippen LogP contribution in [0.4, 0.5) is 0 Å². The third kappa shape index (κ3) is 5.69. The number of likely N-dealkylation sites (tertiary alicyclic amines) is 2. The topological polar surface area (TPSA) is 86.7 Å². The summed E-state index contributed by atoms with van der Waals surface area (Å²) in [5, 5.41) is 14.5. The zero-order valence-corrected chi connectivity index (χ0v) is 21.3. The summed E-state index contributed by atoms with van der Waals surface area (Å²) in [6.45, 7) is 1.91. The van der Waals surface area contributed by atoms with E-state index in [2.05, 4.69) is 0 Å². The summed E-state index contributed by atoms with van der Waals surface area (Å²) in [5.41, 5.74) is 0.354. The number of hydroxylamine groups is 3. The zero-order valence-electron chi connectivity index (χ0n) is 19.0. The van der Waals surface area contributed by atoms with Crippen LogP contribution < -0.4 is 4.74 Å². The van der Waals surface area contributed by atoms with Crippen molar-refractivity contribution in [2.45, 2.75) is 42.7 Å². The molecule has 0 unspecified atom stereocenters. The fourth-order valence-electron chi connectivity index (χ4n) is 4.79. The van der Waals surface area contributed by atoms with Crippen LogP contribution in [0, 0.1) is 5.21 Å². The van der Waals surface area contributed by atoms with E-state index in [0.29, 0.717) is 73.2 Å². The van der Waals surface area contributed by atoms with Gasteiger partial charge in [0.05, 0.1) is 34.1 Å². The van der Waals surface area contributed by atoms with E-state index in [0.717, 1.165) is 6.26 Å². The Morgan fingerprint density at radius 3 is 2.32 bits per heavy atom. The van der Waals surface area contributed by atoms with Crippen LogP contribution in [0.2, 0.25) is 10.0 Å². The second-order valence-corrected chi connectivity index (χ2v) is 11.9. The largest absolute Gasteiger partial charge is 0.633 e. The molecule has 2 fully saturated rings. The van der Waals surface area contributed by atoms with Gasteiger partial charge in [-0.1, -0.05) is 29.3 Å². The van der Waals surface area contributed by atoms with E-state index in [9.17, 15) is 18.4 Å². The SMILES string of the molecule is CS(=O)(=O)c1cccc(C(=O)N2CCC([N+]3([O-])CCC(Oc4ccc(Cl)c(Cl)c4)CC3)CC2)c1. The maximum Gasteiger partial charge on any atom is 0.253 e. The summed E-state index contributed by atoms with van der Waals surface area (Å²) in [6, 6.07) is 11.2. The lowest BCUT2D eigenvalue weighted by Crippen LogP contribution is -2.59. The third-order valence-corrected chi connectivity index (χ3v) is 8.63. The van der Waals surface area contributed by atoms with Crippen molar-refractivity contribution in [3.05, 3.63) is 63.3 Å². The lowest BCUT2D eigenvalue weighted by atomic mass is 9.97. The predicted molar refractivity (Wildman–Crippen MR) is 132 cm³/mol. The molecule has 0 aromatic heterocycles. The Kier molecular flexibility index (Phi) is 7.45. The lowest BCUT2D eigenvalue weighted by molar-refractivity contribution is -0.912. The second kappa shape index (κ2) is 10.0. The highest BCUT2D eigenvalue weighted by Crippen LogP contribution is 2.32. The number of carbonyl (C=O) groups excluding carboxylic acids is 1. The minimum absolute atomic E-state index is 0.0405. The average Bonchev–Trinajstić information content (AvgIpc) is 2.82. The Labute approximate surface area is 210 Å². The van der Waals surface area contributed by atoms with Crippen LogP contribution in [-0.2, 0) is 9.84 Å². The minimum Gasteiger partial charge on any atom is -0.633 e. The molecule has 0 spiro atoms. The second-order valence-electron chi connectivity index (χ2n) is 9.12. The molecule has 0 N–H and O–H groups in total. The molecule has 2 aromatic rings. The monoisotopic (exact) mass is 526 g/mol. The summed E-state index contributed by atoms with van der Waals surface area (Å²) in [5.74, 6) is 0.451. The molecule has 0 bridgehead atoms. The van der Waals surface area contributed by atoms with Crippen LogP contribution in [0.15, 0.2) is 47.4 Å². The number of nitrogens with zero attached hydrogens (tertiary/aromatic N) is 2. The van der Waals surface area contributed by atoms with E-state index < -0.39 is 9.84 Å². The quantitative estimate of drug-likeness (QED) is 0.421. The molecule has 184 valence electrons. The Bertz CT molecular complexity index is 1160. The molecule has 0 radical (unpaired) electrons. The first-order valence-electron chi connectivity index (χ1n) is 11.3. The van der Waals surface area contributed by atoms with Gasteiger partial charge in [-0.25, -0.2) is 8.42 Å². The van der Waals surface area contributed by atoms with Gasteiger partial charge in [0.1, 0.15) is 11.9 Å². The number of quaternary nitrogens is 1. The van der Waals surface area contributed by atoms with Crippen LogP contribution >= 0.6 is 23.2 Å². The maximum atomic E-state index is 13.5. The molecule has 0 aliphatic carbocycles. The number of ether oxygens (including phenoxy) is 1. The van der Waals surface area contributed by atoms with Gasteiger partial charge in [-0.15, -0.1) is 0 Å². The Balaban J connectivity index is 1.31. The molecule has 7 nitrogen and oxygen atoms in total. The van der Waals surface area contributed by atoms with Gasteiger partial charge in [0.25, 0.3) is 5.91 Å². The number of carbonyl (C=O) groups is 1. The van der Waals surface area contributed by atoms with Gasteiger partial charge in [0.15, 0.2) is 9.84 Å². The molecular formula is C24H28Cl2N2O5S. The van der Waals surface area contributed by atoms with Crippen molar-refractivity contribution in [3.8, 4) is 5.75 Å². The molecule has 0 atom stereocenters. The molecule has 4 rings (SSSR count). The number of sulfone groups is 1. The first kappa shape index (κ1) is 25.3. The fraction of sp³-hybridized carbons (Fsp3) is 0.458.